The molecule has 1 heterocycles. The van der Waals surface area contributed by atoms with E-state index in [1.54, 1.807) is 13.8 Å². The molecule has 0 aliphatic carbocycles. The Morgan fingerprint density at radius 3 is 1.55 bits per heavy atom. The summed E-state index contributed by atoms with van der Waals surface area (Å²) in [7, 11) is 0. The predicted molar refractivity (Wildman–Crippen MR) is 88.3 cm³/mol. The smallest absolute Gasteiger partial charge is 0.247 e. The van der Waals surface area contributed by atoms with Crippen LogP contribution in [0.25, 0.3) is 0 Å². The van der Waals surface area contributed by atoms with Gasteiger partial charge in [-0.3, -0.25) is 0 Å². The first-order valence-corrected chi connectivity index (χ1v) is 7.38. The third-order valence-electron chi connectivity index (χ3n) is 3.17. The zero-order valence-corrected chi connectivity index (χ0v) is 13.9. The summed E-state index contributed by atoms with van der Waals surface area (Å²) in [5.74, 6) is 0.349. The average Bonchev–Trinajstić information content (AvgIpc) is 2.39. The summed E-state index contributed by atoms with van der Waals surface area (Å²) in [6.45, 7) is 15.5. The fraction of sp³-hybridized carbons (Fsp3) is 0.562. The van der Waals surface area contributed by atoms with Crippen molar-refractivity contribution in [3.05, 3.63) is 55.8 Å². The van der Waals surface area contributed by atoms with Gasteiger partial charge >= 0.3 is 17.1 Å². The van der Waals surface area contributed by atoms with Crippen LogP contribution < -0.4 is 17.1 Å². The van der Waals surface area contributed by atoms with E-state index in [0.717, 1.165) is 13.7 Å². The van der Waals surface area contributed by atoms with Crippen LogP contribution in [0.3, 0.4) is 0 Å². The minimum Gasteiger partial charge on any atom is -0.247 e. The highest BCUT2D eigenvalue weighted by Crippen LogP contribution is 1.99. The average molecular weight is 307 g/mol. The molecule has 0 N–H and O–H groups in total. The summed E-state index contributed by atoms with van der Waals surface area (Å²) in [5, 5.41) is 0. The molecule has 0 radical (unpaired) electrons. The fourth-order valence-electron chi connectivity index (χ4n) is 2.07. The van der Waals surface area contributed by atoms with Gasteiger partial charge in [0.2, 0.25) is 0 Å². The second kappa shape index (κ2) is 7.24. The summed E-state index contributed by atoms with van der Waals surface area (Å²) >= 11 is 0. The van der Waals surface area contributed by atoms with Crippen molar-refractivity contribution in [1.82, 2.24) is 13.7 Å². The number of aromatic nitrogens is 3. The Labute approximate surface area is 130 Å². The van der Waals surface area contributed by atoms with Gasteiger partial charge in [-0.05, 0) is 26.2 Å². The number of hydrogen-bond acceptors (Lipinski definition) is 3. The van der Waals surface area contributed by atoms with Gasteiger partial charge in [0, 0.05) is 6.54 Å². The molecule has 0 aromatic carbocycles. The Morgan fingerprint density at radius 2 is 1.23 bits per heavy atom. The summed E-state index contributed by atoms with van der Waals surface area (Å²) in [4.78, 5) is 37.3. The zero-order chi connectivity index (χ0) is 17.0. The molecule has 0 amide bonds. The lowest BCUT2D eigenvalue weighted by Crippen LogP contribution is -2.54. The molecule has 6 nitrogen and oxygen atoms in total. The molecule has 122 valence electrons. The van der Waals surface area contributed by atoms with Crippen molar-refractivity contribution in [1.29, 1.82) is 0 Å². The highest BCUT2D eigenvalue weighted by Gasteiger charge is 2.15. The number of hydrogen-bond donors (Lipinski definition) is 0. The van der Waals surface area contributed by atoms with Gasteiger partial charge in [-0.1, -0.05) is 38.2 Å². The van der Waals surface area contributed by atoms with Crippen molar-refractivity contribution in [2.75, 3.05) is 0 Å². The normalized spacial score (nSPS) is 11.0. The van der Waals surface area contributed by atoms with Crippen molar-refractivity contribution in [3.8, 4) is 0 Å². The monoisotopic (exact) mass is 307 g/mol. The molecule has 0 bridgehead atoms. The van der Waals surface area contributed by atoms with Crippen LogP contribution in [0.1, 0.15) is 34.1 Å². The van der Waals surface area contributed by atoms with E-state index in [2.05, 4.69) is 13.2 Å². The quantitative estimate of drug-likeness (QED) is 0.715. The molecule has 22 heavy (non-hydrogen) atoms. The third kappa shape index (κ3) is 4.19. The third-order valence-corrected chi connectivity index (χ3v) is 3.17. The van der Waals surface area contributed by atoms with Crippen LogP contribution in [0.15, 0.2) is 38.7 Å². The Morgan fingerprint density at radius 1 is 0.864 bits per heavy atom. The van der Waals surface area contributed by atoms with Gasteiger partial charge in [-0.2, -0.15) is 0 Å². The van der Waals surface area contributed by atoms with Crippen LogP contribution in [0.2, 0.25) is 0 Å². The lowest BCUT2D eigenvalue weighted by atomic mass is 10.1. The first-order chi connectivity index (χ1) is 10.1. The first-order valence-electron chi connectivity index (χ1n) is 7.38. The minimum atomic E-state index is -0.609. The van der Waals surface area contributed by atoms with Gasteiger partial charge in [0.1, 0.15) is 0 Å². The molecular formula is C16H25N3O3. The van der Waals surface area contributed by atoms with E-state index in [1.807, 2.05) is 13.8 Å². The molecule has 1 aromatic heterocycles. The molecule has 0 aliphatic heterocycles. The van der Waals surface area contributed by atoms with E-state index in [9.17, 15) is 14.4 Å². The predicted octanol–water partition coefficient (Wildman–Crippen LogP) is 1.37. The first kappa shape index (κ1) is 17.9. The van der Waals surface area contributed by atoms with Gasteiger partial charge in [0.25, 0.3) is 0 Å². The molecule has 0 saturated heterocycles. The Balaban J connectivity index is 3.58. The SMILES string of the molecule is C=C(C)Cn1c(=O)n(CCC(C)C)c(=O)n(CC(=C)C)c1=O. The van der Waals surface area contributed by atoms with Crippen LogP contribution in [0, 0.1) is 5.92 Å². The van der Waals surface area contributed by atoms with Gasteiger partial charge in [0.15, 0.2) is 0 Å². The van der Waals surface area contributed by atoms with Gasteiger partial charge < -0.3 is 0 Å². The second-order valence-electron chi connectivity index (χ2n) is 6.27. The van der Waals surface area contributed by atoms with E-state index in [-0.39, 0.29) is 13.1 Å². The van der Waals surface area contributed by atoms with Crippen LogP contribution >= 0.6 is 0 Å². The summed E-state index contributed by atoms with van der Waals surface area (Å²) < 4.78 is 3.26. The van der Waals surface area contributed by atoms with Crippen molar-refractivity contribution < 1.29 is 0 Å². The molecule has 1 rings (SSSR count). The lowest BCUT2D eigenvalue weighted by Gasteiger charge is -2.14. The minimum absolute atomic E-state index is 0.107. The van der Waals surface area contributed by atoms with E-state index >= 15 is 0 Å². The van der Waals surface area contributed by atoms with Crippen LogP contribution in [-0.4, -0.2) is 13.7 Å². The van der Waals surface area contributed by atoms with Crippen molar-refractivity contribution in [2.24, 2.45) is 5.92 Å². The van der Waals surface area contributed by atoms with Crippen LogP contribution in [0.5, 0.6) is 0 Å². The van der Waals surface area contributed by atoms with E-state index < -0.39 is 17.1 Å². The molecule has 0 aliphatic rings. The van der Waals surface area contributed by atoms with Crippen molar-refractivity contribution >= 4 is 0 Å². The molecule has 0 saturated carbocycles. The standard InChI is InChI=1S/C16H25N3O3/c1-11(2)7-8-17-14(20)18(9-12(3)4)16(22)19(15(17)21)10-13(5)6/h11H,3,5,7-10H2,1-2,4,6H3. The maximum atomic E-state index is 12.4. The van der Waals surface area contributed by atoms with Crippen molar-refractivity contribution in [3.63, 3.8) is 0 Å². The number of allylic oxidation sites excluding steroid dienone is 2. The number of rotatable bonds is 7. The molecule has 0 unspecified atom stereocenters. The second-order valence-corrected chi connectivity index (χ2v) is 6.27. The summed E-state index contributed by atoms with van der Waals surface area (Å²) in [6, 6.07) is 0. The van der Waals surface area contributed by atoms with Crippen LogP contribution in [0.4, 0.5) is 0 Å². The highest BCUT2D eigenvalue weighted by atomic mass is 16.2. The topological polar surface area (TPSA) is 66.0 Å². The summed E-state index contributed by atoms with van der Waals surface area (Å²) in [5.41, 5.74) is -0.403. The van der Waals surface area contributed by atoms with E-state index in [0.29, 0.717) is 30.0 Å². The number of nitrogens with zero attached hydrogens (tertiary/aromatic N) is 3. The molecule has 0 fully saturated rings. The molecule has 0 spiro atoms. The van der Waals surface area contributed by atoms with E-state index in [1.165, 1.54) is 0 Å². The summed E-state index contributed by atoms with van der Waals surface area (Å²) in [6.07, 6.45) is 0.688. The molecule has 0 atom stereocenters. The molecular weight excluding hydrogens is 282 g/mol. The van der Waals surface area contributed by atoms with Gasteiger partial charge in [-0.25, -0.2) is 28.1 Å². The van der Waals surface area contributed by atoms with Gasteiger partial charge in [-0.15, -0.1) is 0 Å². The zero-order valence-electron chi connectivity index (χ0n) is 13.9. The maximum absolute atomic E-state index is 12.4. The van der Waals surface area contributed by atoms with Gasteiger partial charge in [0.05, 0.1) is 13.1 Å². The van der Waals surface area contributed by atoms with Crippen molar-refractivity contribution in [2.45, 2.75) is 53.8 Å². The lowest BCUT2D eigenvalue weighted by molar-refractivity contribution is 0.432. The molecule has 1 aromatic rings. The molecule has 6 heteroatoms. The Hall–Kier alpha value is -2.11. The maximum Gasteiger partial charge on any atom is 0.336 e. The largest absolute Gasteiger partial charge is 0.336 e. The fourth-order valence-corrected chi connectivity index (χ4v) is 2.07. The van der Waals surface area contributed by atoms with Crippen LogP contribution in [-0.2, 0) is 19.6 Å². The highest BCUT2D eigenvalue weighted by molar-refractivity contribution is 4.94. The van der Waals surface area contributed by atoms with E-state index in [4.69, 9.17) is 0 Å². The Kier molecular flexibility index (Phi) is 5.91. The Bertz CT molecular complexity index is 693.